The summed E-state index contributed by atoms with van der Waals surface area (Å²) in [5.74, 6) is -0.299. The van der Waals surface area contributed by atoms with E-state index in [1.165, 1.54) is 11.4 Å². The summed E-state index contributed by atoms with van der Waals surface area (Å²) < 4.78 is 22.9. The number of piperazine rings is 1. The van der Waals surface area contributed by atoms with Crippen molar-refractivity contribution in [3.63, 3.8) is 0 Å². The maximum Gasteiger partial charge on any atom is 0.215 e. The summed E-state index contributed by atoms with van der Waals surface area (Å²) in [6, 6.07) is 22.1. The van der Waals surface area contributed by atoms with Crippen LogP contribution in [-0.2, 0) is 28.9 Å². The molecule has 4 heterocycles. The van der Waals surface area contributed by atoms with E-state index >= 15 is 0 Å². The zero-order valence-corrected chi connectivity index (χ0v) is 27.7. The van der Waals surface area contributed by atoms with Crippen LogP contribution in [0.2, 0.25) is 10.0 Å². The van der Waals surface area contributed by atoms with Crippen molar-refractivity contribution < 1.29 is 14.2 Å². The molecule has 2 atom stereocenters. The van der Waals surface area contributed by atoms with Crippen molar-refractivity contribution in [1.82, 2.24) is 14.1 Å². The van der Waals surface area contributed by atoms with Crippen LogP contribution < -0.4 is 19.3 Å². The van der Waals surface area contributed by atoms with Crippen molar-refractivity contribution in [2.24, 2.45) is 12.0 Å². The molecule has 0 radical (unpaired) electrons. The molecule has 0 amide bonds. The fourth-order valence-electron chi connectivity index (χ4n) is 5.82. The second-order valence-electron chi connectivity index (χ2n) is 11.4. The standard InChI is InChI=1S/C34H34Cl2N6O3S/c1-39-18-19-46-33(39)38-26-3-5-27(6-4-26)41-14-16-42(17-15-41)28-7-9-29(10-8-28)43-21-30-22-44-34(45-30,23-40-13-12-37-24-40)31-11-2-25(35)20-32(31)36/h2-13,18-20,24,30H,14-17,21-23H2,1H3/t30-,34-/m1/s1. The predicted molar refractivity (Wildman–Crippen MR) is 183 cm³/mol. The van der Waals surface area contributed by atoms with Gasteiger partial charge in [0.05, 0.1) is 30.2 Å². The Hall–Kier alpha value is -3.80. The first-order chi connectivity index (χ1) is 22.4. The van der Waals surface area contributed by atoms with Crippen molar-refractivity contribution in [3.05, 3.63) is 117 Å². The molecule has 2 aliphatic rings. The summed E-state index contributed by atoms with van der Waals surface area (Å²) in [7, 11) is 2.01. The van der Waals surface area contributed by atoms with Gasteiger partial charge in [-0.25, -0.2) is 9.98 Å². The van der Waals surface area contributed by atoms with Gasteiger partial charge in [0.15, 0.2) is 4.80 Å². The number of nitrogens with zero attached hydrogens (tertiary/aromatic N) is 6. The Labute approximate surface area is 281 Å². The van der Waals surface area contributed by atoms with E-state index in [2.05, 4.69) is 51.2 Å². The van der Waals surface area contributed by atoms with E-state index in [0.29, 0.717) is 29.8 Å². The lowest BCUT2D eigenvalue weighted by molar-refractivity contribution is -0.189. The number of aryl methyl sites for hydroxylation is 1. The Kier molecular flexibility index (Phi) is 9.06. The van der Waals surface area contributed by atoms with Crippen LogP contribution in [0.1, 0.15) is 5.56 Å². The highest BCUT2D eigenvalue weighted by Gasteiger charge is 2.45. The molecule has 12 heteroatoms. The quantitative estimate of drug-likeness (QED) is 0.178. The van der Waals surface area contributed by atoms with Gasteiger partial charge in [-0.15, -0.1) is 11.3 Å². The Bertz CT molecular complexity index is 1820. The molecule has 0 saturated carbocycles. The molecule has 7 rings (SSSR count). The number of anilines is 2. The van der Waals surface area contributed by atoms with Gasteiger partial charge in [0.25, 0.3) is 0 Å². The Balaban J connectivity index is 0.930. The van der Waals surface area contributed by atoms with Gasteiger partial charge in [0.1, 0.15) is 18.5 Å². The molecule has 3 aromatic carbocycles. The average molecular weight is 678 g/mol. The normalized spacial score (nSPS) is 20.4. The van der Waals surface area contributed by atoms with Gasteiger partial charge in [0, 0.05) is 79.2 Å². The van der Waals surface area contributed by atoms with Gasteiger partial charge in [-0.1, -0.05) is 29.3 Å². The van der Waals surface area contributed by atoms with Crippen molar-refractivity contribution in [2.75, 3.05) is 49.2 Å². The number of imidazole rings is 1. The van der Waals surface area contributed by atoms with E-state index in [1.807, 2.05) is 52.2 Å². The second-order valence-corrected chi connectivity index (χ2v) is 13.1. The van der Waals surface area contributed by atoms with Gasteiger partial charge in [-0.2, -0.15) is 0 Å². The first-order valence-electron chi connectivity index (χ1n) is 15.1. The molecular formula is C34H34Cl2N6O3S. The lowest BCUT2D eigenvalue weighted by Gasteiger charge is -2.37. The summed E-state index contributed by atoms with van der Waals surface area (Å²) >= 11 is 14.4. The molecular weight excluding hydrogens is 643 g/mol. The Morgan fingerprint density at radius 1 is 0.957 bits per heavy atom. The van der Waals surface area contributed by atoms with E-state index in [0.717, 1.165) is 48.0 Å². The third kappa shape index (κ3) is 6.82. The number of benzene rings is 3. The van der Waals surface area contributed by atoms with E-state index in [-0.39, 0.29) is 6.10 Å². The van der Waals surface area contributed by atoms with E-state index in [4.69, 9.17) is 42.4 Å². The maximum atomic E-state index is 6.60. The highest BCUT2D eigenvalue weighted by atomic mass is 35.5. The lowest BCUT2D eigenvalue weighted by atomic mass is 10.1. The first-order valence-corrected chi connectivity index (χ1v) is 16.8. The molecule has 2 aromatic heterocycles. The SMILES string of the molecule is Cn1ccsc1=Nc1ccc(N2CCN(c3ccc(OC[C@@H]4CO[C@@](Cn5ccnc5)(c5ccc(Cl)cc5Cl)O4)cc3)CC2)cc1. The number of hydrogen-bond donors (Lipinski definition) is 0. The smallest absolute Gasteiger partial charge is 0.215 e. The molecule has 2 fully saturated rings. The Morgan fingerprint density at radius 2 is 1.67 bits per heavy atom. The van der Waals surface area contributed by atoms with E-state index < -0.39 is 5.79 Å². The number of thiazole rings is 1. The van der Waals surface area contributed by atoms with Crippen molar-refractivity contribution in [2.45, 2.75) is 18.4 Å². The van der Waals surface area contributed by atoms with Crippen LogP contribution >= 0.6 is 34.5 Å². The zero-order chi connectivity index (χ0) is 31.5. The molecule has 2 aliphatic heterocycles. The number of halogens is 2. The van der Waals surface area contributed by atoms with E-state index in [9.17, 15) is 0 Å². The third-order valence-corrected chi connectivity index (χ3v) is 9.66. The fourth-order valence-corrected chi connectivity index (χ4v) is 7.13. The maximum absolute atomic E-state index is 6.60. The third-order valence-electron chi connectivity index (χ3n) is 8.27. The number of rotatable bonds is 9. The Morgan fingerprint density at radius 3 is 2.30 bits per heavy atom. The largest absolute Gasteiger partial charge is 0.491 e. The van der Waals surface area contributed by atoms with Crippen molar-refractivity contribution in [1.29, 1.82) is 0 Å². The van der Waals surface area contributed by atoms with Gasteiger partial charge >= 0.3 is 0 Å². The lowest BCUT2D eigenvalue weighted by Crippen LogP contribution is -2.46. The van der Waals surface area contributed by atoms with Crippen LogP contribution in [0, 0.1) is 0 Å². The summed E-state index contributed by atoms with van der Waals surface area (Å²) in [6.07, 6.45) is 7.05. The zero-order valence-electron chi connectivity index (χ0n) is 25.3. The summed E-state index contributed by atoms with van der Waals surface area (Å²) in [5.41, 5.74) is 4.09. The highest BCUT2D eigenvalue weighted by molar-refractivity contribution is 7.07. The van der Waals surface area contributed by atoms with Gasteiger partial charge in [-0.05, 0) is 60.7 Å². The molecule has 0 N–H and O–H groups in total. The van der Waals surface area contributed by atoms with Gasteiger partial charge in [-0.3, -0.25) is 0 Å². The molecule has 46 heavy (non-hydrogen) atoms. The molecule has 238 valence electrons. The van der Waals surface area contributed by atoms with Crippen LogP contribution in [0.4, 0.5) is 17.1 Å². The summed E-state index contributed by atoms with van der Waals surface area (Å²) in [4.78, 5) is 14.7. The minimum absolute atomic E-state index is 0.288. The van der Waals surface area contributed by atoms with Crippen molar-refractivity contribution >= 4 is 51.6 Å². The van der Waals surface area contributed by atoms with Crippen LogP contribution in [0.3, 0.4) is 0 Å². The average Bonchev–Trinajstić information content (AvgIpc) is 3.84. The molecule has 0 spiro atoms. The monoisotopic (exact) mass is 676 g/mol. The molecule has 5 aromatic rings. The topological polar surface area (TPSA) is 69.3 Å². The summed E-state index contributed by atoms with van der Waals surface area (Å²) in [6.45, 7) is 4.88. The minimum atomic E-state index is -1.08. The van der Waals surface area contributed by atoms with Gasteiger partial charge in [0.2, 0.25) is 5.79 Å². The van der Waals surface area contributed by atoms with Crippen LogP contribution in [0.5, 0.6) is 5.75 Å². The van der Waals surface area contributed by atoms with Crippen LogP contribution in [0.15, 0.2) is 102 Å². The first kappa shape index (κ1) is 30.8. The highest BCUT2D eigenvalue weighted by Crippen LogP contribution is 2.40. The molecule has 2 saturated heterocycles. The predicted octanol–water partition coefficient (Wildman–Crippen LogP) is 6.50. The van der Waals surface area contributed by atoms with Crippen molar-refractivity contribution in [3.8, 4) is 5.75 Å². The van der Waals surface area contributed by atoms with E-state index in [1.54, 1.807) is 36.0 Å². The fraction of sp³-hybridized carbons (Fsp3) is 0.294. The van der Waals surface area contributed by atoms with Gasteiger partial charge < -0.3 is 33.1 Å². The molecule has 0 aliphatic carbocycles. The minimum Gasteiger partial charge on any atom is -0.491 e. The number of aromatic nitrogens is 3. The van der Waals surface area contributed by atoms with Crippen LogP contribution in [0.25, 0.3) is 0 Å². The summed E-state index contributed by atoms with van der Waals surface area (Å²) in [5, 5.41) is 3.08. The number of ether oxygens (including phenoxy) is 3. The molecule has 0 unspecified atom stereocenters. The van der Waals surface area contributed by atoms with Crippen LogP contribution in [-0.4, -0.2) is 59.6 Å². The molecule has 9 nitrogen and oxygen atoms in total. The molecule has 0 bridgehead atoms. The second kappa shape index (κ2) is 13.5. The number of hydrogen-bond acceptors (Lipinski definition) is 8.